The Hall–Kier alpha value is -2.93. The Kier molecular flexibility index (Phi) is 7.21. The summed E-state index contributed by atoms with van der Waals surface area (Å²) in [7, 11) is 2.01. The summed E-state index contributed by atoms with van der Waals surface area (Å²) < 4.78 is 0. The van der Waals surface area contributed by atoms with Crippen molar-refractivity contribution in [2.75, 3.05) is 7.05 Å². The van der Waals surface area contributed by atoms with Crippen LogP contribution in [0.25, 0.3) is 5.70 Å². The molecule has 0 amide bonds. The first kappa shape index (κ1) is 23.3. The highest BCUT2D eigenvalue weighted by Crippen LogP contribution is 2.32. The highest BCUT2D eigenvalue weighted by atomic mass is 16.3. The fraction of sp³-hybridized carbons (Fsp3) is 0.435. The van der Waals surface area contributed by atoms with Gasteiger partial charge >= 0.3 is 0 Å². The molecule has 7 heteroatoms. The number of phenols is 1. The molecule has 8 N–H and O–H groups in total. The fourth-order valence-corrected chi connectivity index (χ4v) is 4.16. The Morgan fingerprint density at radius 1 is 1.17 bits per heavy atom. The molecule has 0 atom stereocenters. The lowest BCUT2D eigenvalue weighted by atomic mass is 9.79. The molecule has 0 aliphatic carbocycles. The summed E-state index contributed by atoms with van der Waals surface area (Å²) in [5.41, 5.74) is 19.4. The number of benzene rings is 1. The van der Waals surface area contributed by atoms with Crippen molar-refractivity contribution in [3.63, 3.8) is 0 Å². The molecule has 0 bridgehead atoms. The van der Waals surface area contributed by atoms with Crippen molar-refractivity contribution in [3.8, 4) is 5.75 Å². The first-order chi connectivity index (χ1) is 13.9. The Bertz CT molecular complexity index is 850. The van der Waals surface area contributed by atoms with Gasteiger partial charge < -0.3 is 32.5 Å². The molecule has 0 spiro atoms. The molecule has 30 heavy (non-hydrogen) atoms. The van der Waals surface area contributed by atoms with Gasteiger partial charge in [-0.25, -0.2) is 0 Å². The van der Waals surface area contributed by atoms with Crippen LogP contribution in [0.2, 0.25) is 0 Å². The van der Waals surface area contributed by atoms with Crippen LogP contribution in [0.5, 0.6) is 5.75 Å². The molecule has 1 heterocycles. The molecule has 7 nitrogen and oxygen atoms in total. The third kappa shape index (κ3) is 6.29. The molecule has 164 valence electrons. The summed E-state index contributed by atoms with van der Waals surface area (Å²) in [5, 5.41) is 14.0. The number of aromatic hydroxyl groups is 1. The van der Waals surface area contributed by atoms with E-state index in [9.17, 15) is 5.11 Å². The number of piperidine rings is 1. The number of allylic oxidation sites excluding steroid dienone is 3. The quantitative estimate of drug-likeness (QED) is 0.361. The number of phenolic OH excluding ortho intramolecular Hbond substituents is 1. The van der Waals surface area contributed by atoms with Crippen molar-refractivity contribution in [2.45, 2.75) is 57.7 Å². The summed E-state index contributed by atoms with van der Waals surface area (Å²) in [6.07, 6.45) is 10.0. The van der Waals surface area contributed by atoms with Gasteiger partial charge in [-0.3, -0.25) is 4.99 Å². The molecule has 1 saturated heterocycles. The van der Waals surface area contributed by atoms with Gasteiger partial charge in [0.25, 0.3) is 0 Å². The zero-order valence-corrected chi connectivity index (χ0v) is 18.7. The lowest BCUT2D eigenvalue weighted by molar-refractivity contribution is 0.0981. The van der Waals surface area contributed by atoms with Gasteiger partial charge in [0.2, 0.25) is 0 Å². The molecule has 1 aliphatic rings. The summed E-state index contributed by atoms with van der Waals surface area (Å²) in [6, 6.07) is 5.37. The third-order valence-electron chi connectivity index (χ3n) is 5.27. The summed E-state index contributed by atoms with van der Waals surface area (Å²) in [6.45, 7) is 8.87. The molecule has 1 aromatic carbocycles. The number of hydrogen-bond acceptors (Lipinski definition) is 7. The molecular formula is C23H36N6O. The topological polar surface area (TPSA) is 126 Å². The fourth-order valence-electron chi connectivity index (χ4n) is 4.16. The van der Waals surface area contributed by atoms with Crippen LogP contribution >= 0.6 is 0 Å². The molecule has 2 rings (SSSR count). The van der Waals surface area contributed by atoms with Crippen molar-refractivity contribution in [1.29, 1.82) is 0 Å². The minimum absolute atomic E-state index is 0.0335. The van der Waals surface area contributed by atoms with Crippen molar-refractivity contribution in [3.05, 3.63) is 54.0 Å². The smallest absolute Gasteiger partial charge is 0.127 e. The van der Waals surface area contributed by atoms with Crippen LogP contribution in [-0.2, 0) is 0 Å². The maximum atomic E-state index is 10.3. The number of nitrogens with one attached hydrogen (secondary N) is 1. The van der Waals surface area contributed by atoms with E-state index in [1.165, 1.54) is 6.20 Å². The Morgan fingerprint density at radius 2 is 1.80 bits per heavy atom. The van der Waals surface area contributed by atoms with Crippen molar-refractivity contribution in [1.82, 2.24) is 10.2 Å². The number of nitrogens with zero attached hydrogens (tertiary/aromatic N) is 2. The van der Waals surface area contributed by atoms with Crippen LogP contribution in [0.15, 0.2) is 53.4 Å². The van der Waals surface area contributed by atoms with Gasteiger partial charge in [0.15, 0.2) is 0 Å². The average Bonchev–Trinajstić information content (AvgIpc) is 2.63. The lowest BCUT2D eigenvalue weighted by Crippen LogP contribution is -2.61. The van der Waals surface area contributed by atoms with Crippen LogP contribution in [0.3, 0.4) is 0 Å². The van der Waals surface area contributed by atoms with E-state index >= 15 is 0 Å². The summed E-state index contributed by atoms with van der Waals surface area (Å²) >= 11 is 0. The lowest BCUT2D eigenvalue weighted by Gasteiger charge is -2.49. The largest absolute Gasteiger partial charge is 0.507 e. The van der Waals surface area contributed by atoms with Gasteiger partial charge in [-0.1, -0.05) is 0 Å². The average molecular weight is 413 g/mol. The minimum atomic E-state index is 0.0335. The van der Waals surface area contributed by atoms with E-state index in [-0.39, 0.29) is 16.8 Å². The van der Waals surface area contributed by atoms with Crippen molar-refractivity contribution < 1.29 is 5.11 Å². The second-order valence-corrected chi connectivity index (χ2v) is 9.14. The van der Waals surface area contributed by atoms with E-state index in [0.29, 0.717) is 28.8 Å². The Labute approximate surface area is 180 Å². The van der Waals surface area contributed by atoms with Crippen LogP contribution < -0.4 is 22.5 Å². The van der Waals surface area contributed by atoms with Crippen LogP contribution in [-0.4, -0.2) is 40.4 Å². The van der Waals surface area contributed by atoms with E-state index in [0.717, 1.165) is 12.8 Å². The summed E-state index contributed by atoms with van der Waals surface area (Å²) in [4.78, 5) is 6.28. The molecule has 1 fully saturated rings. The van der Waals surface area contributed by atoms with Crippen LogP contribution in [0, 0.1) is 0 Å². The number of rotatable bonds is 6. The molecule has 0 saturated carbocycles. The Morgan fingerprint density at radius 3 is 2.37 bits per heavy atom. The van der Waals surface area contributed by atoms with Gasteiger partial charge in [-0.05, 0) is 77.1 Å². The maximum absolute atomic E-state index is 10.3. The van der Waals surface area contributed by atoms with Crippen molar-refractivity contribution >= 4 is 17.6 Å². The second-order valence-electron chi connectivity index (χ2n) is 9.14. The first-order valence-electron chi connectivity index (χ1n) is 10.1. The zero-order chi connectivity index (χ0) is 22.5. The number of hydrogen-bond donors (Lipinski definition) is 5. The van der Waals surface area contributed by atoms with Crippen molar-refractivity contribution in [2.24, 2.45) is 22.2 Å². The predicted octanol–water partition coefficient (Wildman–Crippen LogP) is 2.91. The van der Waals surface area contributed by atoms with Gasteiger partial charge in [0.1, 0.15) is 5.75 Å². The highest BCUT2D eigenvalue weighted by Gasteiger charge is 2.39. The van der Waals surface area contributed by atoms with Crippen LogP contribution in [0.4, 0.5) is 5.69 Å². The minimum Gasteiger partial charge on any atom is -0.507 e. The third-order valence-corrected chi connectivity index (χ3v) is 5.27. The van der Waals surface area contributed by atoms with Gasteiger partial charge in [0.05, 0.1) is 11.5 Å². The van der Waals surface area contributed by atoms with E-state index in [1.54, 1.807) is 42.6 Å². The van der Waals surface area contributed by atoms with Crippen LogP contribution in [0.1, 0.15) is 46.1 Å². The molecule has 1 aliphatic heterocycles. The number of aliphatic imine (C=N–C) groups is 1. The van der Waals surface area contributed by atoms with E-state index in [1.807, 2.05) is 7.05 Å². The van der Waals surface area contributed by atoms with Gasteiger partial charge in [0, 0.05) is 47.7 Å². The maximum Gasteiger partial charge on any atom is 0.127 e. The van der Waals surface area contributed by atoms with Gasteiger partial charge in [-0.2, -0.15) is 0 Å². The summed E-state index contributed by atoms with van der Waals surface area (Å²) in [5.74, 6) is 0.683. The molecule has 1 aromatic rings. The number of nitrogens with two attached hydrogens (primary N) is 3. The zero-order valence-electron chi connectivity index (χ0n) is 18.7. The molecule has 0 aromatic heterocycles. The van der Waals surface area contributed by atoms with Gasteiger partial charge in [-0.15, -0.1) is 0 Å². The molecule has 0 radical (unpaired) electrons. The van der Waals surface area contributed by atoms with E-state index in [4.69, 9.17) is 17.2 Å². The van der Waals surface area contributed by atoms with E-state index < -0.39 is 0 Å². The highest BCUT2D eigenvalue weighted by molar-refractivity contribution is 5.76. The second kappa shape index (κ2) is 9.26. The normalized spacial score (nSPS) is 20.2. The SMILES string of the molecule is CN(/C(N)=C/C=C(\N)c1ccc(N=CC=CN)cc1O)C1CC(C)(C)NC(C)(C)C1. The molecule has 0 unspecified atom stereocenters. The Balaban J connectivity index is 2.16. The monoisotopic (exact) mass is 412 g/mol. The first-order valence-corrected chi connectivity index (χ1v) is 10.1. The predicted molar refractivity (Wildman–Crippen MR) is 126 cm³/mol. The molecular weight excluding hydrogens is 376 g/mol. The van der Waals surface area contributed by atoms with E-state index in [2.05, 4.69) is 42.9 Å². The standard InChI is InChI=1S/C23H36N6O/c1-22(2)14-17(15-23(3,4)28-22)29(5)21(26)10-9-19(25)18-8-7-16(13-20(18)30)27-12-6-11-24/h6-13,17,28,30H,14-15,24-26H2,1-5H3/b11-6?,19-9-,21-10+,27-12?.